The van der Waals surface area contributed by atoms with E-state index < -0.39 is 0 Å². The number of rotatable bonds is 3. The molecular formula is C13H16N4. The molecule has 1 unspecified atom stereocenters. The van der Waals surface area contributed by atoms with E-state index in [2.05, 4.69) is 40.0 Å². The SMILES string of the molecule is c1cc(NC2CCNC2)cc(-n2cccn2)c1. The van der Waals surface area contributed by atoms with E-state index in [4.69, 9.17) is 0 Å². The Kier molecular flexibility index (Phi) is 2.80. The third-order valence-electron chi connectivity index (χ3n) is 3.05. The first-order chi connectivity index (χ1) is 8.42. The summed E-state index contributed by atoms with van der Waals surface area (Å²) in [7, 11) is 0. The Morgan fingerprint density at radius 3 is 3.12 bits per heavy atom. The van der Waals surface area contributed by atoms with Crippen LogP contribution in [-0.4, -0.2) is 28.9 Å². The largest absolute Gasteiger partial charge is 0.381 e. The maximum Gasteiger partial charge on any atom is 0.0666 e. The van der Waals surface area contributed by atoms with Crippen molar-refractivity contribution < 1.29 is 0 Å². The van der Waals surface area contributed by atoms with Crippen molar-refractivity contribution >= 4 is 5.69 Å². The molecule has 1 saturated heterocycles. The van der Waals surface area contributed by atoms with Crippen LogP contribution in [0.4, 0.5) is 5.69 Å². The van der Waals surface area contributed by atoms with E-state index in [0.717, 1.165) is 24.5 Å². The molecule has 2 aromatic rings. The minimum atomic E-state index is 0.544. The highest BCUT2D eigenvalue weighted by atomic mass is 15.3. The lowest BCUT2D eigenvalue weighted by Gasteiger charge is -2.13. The lowest BCUT2D eigenvalue weighted by atomic mass is 10.2. The van der Waals surface area contributed by atoms with Crippen LogP contribution < -0.4 is 10.6 Å². The van der Waals surface area contributed by atoms with Crippen LogP contribution >= 0.6 is 0 Å². The van der Waals surface area contributed by atoms with Crippen molar-refractivity contribution in [2.24, 2.45) is 0 Å². The summed E-state index contributed by atoms with van der Waals surface area (Å²) in [6.07, 6.45) is 4.93. The van der Waals surface area contributed by atoms with Crippen LogP contribution in [0, 0.1) is 0 Å². The molecule has 3 rings (SSSR count). The third kappa shape index (κ3) is 2.31. The Bertz CT molecular complexity index is 472. The Labute approximate surface area is 101 Å². The molecule has 1 atom stereocenters. The van der Waals surface area contributed by atoms with Crippen molar-refractivity contribution in [2.75, 3.05) is 18.4 Å². The average Bonchev–Trinajstić information content (AvgIpc) is 3.01. The molecule has 0 bridgehead atoms. The Hall–Kier alpha value is -1.81. The van der Waals surface area contributed by atoms with Gasteiger partial charge in [0.25, 0.3) is 0 Å². The zero-order chi connectivity index (χ0) is 11.5. The van der Waals surface area contributed by atoms with Crippen LogP contribution in [0.15, 0.2) is 42.7 Å². The summed E-state index contributed by atoms with van der Waals surface area (Å²) in [6.45, 7) is 2.16. The minimum absolute atomic E-state index is 0.544. The molecule has 0 aliphatic carbocycles. The van der Waals surface area contributed by atoms with Gasteiger partial charge in [-0.1, -0.05) is 6.07 Å². The van der Waals surface area contributed by atoms with Gasteiger partial charge in [-0.2, -0.15) is 5.10 Å². The predicted molar refractivity (Wildman–Crippen MR) is 68.5 cm³/mol. The summed E-state index contributed by atoms with van der Waals surface area (Å²) in [5.41, 5.74) is 2.25. The van der Waals surface area contributed by atoms with Gasteiger partial charge in [-0.3, -0.25) is 0 Å². The van der Waals surface area contributed by atoms with Gasteiger partial charge in [0.05, 0.1) is 5.69 Å². The number of aromatic nitrogens is 2. The fourth-order valence-corrected chi connectivity index (χ4v) is 2.17. The van der Waals surface area contributed by atoms with Gasteiger partial charge >= 0.3 is 0 Å². The van der Waals surface area contributed by atoms with E-state index in [9.17, 15) is 0 Å². The molecule has 1 aromatic carbocycles. The number of hydrogen-bond donors (Lipinski definition) is 2. The topological polar surface area (TPSA) is 41.9 Å². The highest BCUT2D eigenvalue weighted by Crippen LogP contribution is 2.16. The second-order valence-electron chi connectivity index (χ2n) is 4.34. The van der Waals surface area contributed by atoms with Gasteiger partial charge in [-0.15, -0.1) is 0 Å². The predicted octanol–water partition coefficient (Wildman–Crippen LogP) is 1.65. The highest BCUT2D eigenvalue weighted by Gasteiger charge is 2.13. The third-order valence-corrected chi connectivity index (χ3v) is 3.05. The molecule has 17 heavy (non-hydrogen) atoms. The van der Waals surface area contributed by atoms with Gasteiger partial charge in [0.1, 0.15) is 0 Å². The summed E-state index contributed by atoms with van der Waals surface area (Å²) in [6, 6.07) is 10.8. The van der Waals surface area contributed by atoms with Crippen LogP contribution in [0.5, 0.6) is 0 Å². The second-order valence-corrected chi connectivity index (χ2v) is 4.34. The monoisotopic (exact) mass is 228 g/mol. The first-order valence-electron chi connectivity index (χ1n) is 5.99. The van der Waals surface area contributed by atoms with Gasteiger partial charge in [0, 0.05) is 30.7 Å². The molecule has 0 radical (unpaired) electrons. The fraction of sp³-hybridized carbons (Fsp3) is 0.308. The van der Waals surface area contributed by atoms with Crippen LogP contribution in [-0.2, 0) is 0 Å². The maximum absolute atomic E-state index is 4.24. The summed E-state index contributed by atoms with van der Waals surface area (Å²) < 4.78 is 1.87. The standard InChI is InChI=1S/C13H16N4/c1-3-11(16-12-5-7-14-10-12)9-13(4-1)17-8-2-6-15-17/h1-4,6,8-9,12,14,16H,5,7,10H2. The molecule has 2 heterocycles. The van der Waals surface area contributed by atoms with E-state index in [-0.39, 0.29) is 0 Å². The molecule has 1 aromatic heterocycles. The zero-order valence-electron chi connectivity index (χ0n) is 9.63. The number of hydrogen-bond acceptors (Lipinski definition) is 3. The Balaban J connectivity index is 1.79. The minimum Gasteiger partial charge on any atom is -0.381 e. The molecule has 1 aliphatic heterocycles. The smallest absolute Gasteiger partial charge is 0.0666 e. The van der Waals surface area contributed by atoms with Gasteiger partial charge in [-0.25, -0.2) is 4.68 Å². The quantitative estimate of drug-likeness (QED) is 0.839. The molecule has 1 aliphatic rings. The van der Waals surface area contributed by atoms with Crippen LogP contribution in [0.25, 0.3) is 5.69 Å². The Morgan fingerprint density at radius 2 is 2.35 bits per heavy atom. The molecule has 0 spiro atoms. The van der Waals surface area contributed by atoms with Crippen LogP contribution in [0.2, 0.25) is 0 Å². The molecule has 88 valence electrons. The molecule has 4 heteroatoms. The lowest BCUT2D eigenvalue weighted by molar-refractivity contribution is 0.792. The van der Waals surface area contributed by atoms with Crippen molar-refractivity contribution in [1.82, 2.24) is 15.1 Å². The van der Waals surface area contributed by atoms with E-state index in [0.29, 0.717) is 6.04 Å². The summed E-state index contributed by atoms with van der Waals surface area (Å²) in [5.74, 6) is 0. The lowest BCUT2D eigenvalue weighted by Crippen LogP contribution is -2.22. The molecule has 0 saturated carbocycles. The van der Waals surface area contributed by atoms with Crippen molar-refractivity contribution in [3.05, 3.63) is 42.7 Å². The van der Waals surface area contributed by atoms with Gasteiger partial charge in [0.15, 0.2) is 0 Å². The molecule has 2 N–H and O–H groups in total. The average molecular weight is 228 g/mol. The normalized spacial score (nSPS) is 19.4. The van der Waals surface area contributed by atoms with Crippen LogP contribution in [0.1, 0.15) is 6.42 Å². The number of benzene rings is 1. The molecule has 1 fully saturated rings. The summed E-state index contributed by atoms with van der Waals surface area (Å²) >= 11 is 0. The van der Waals surface area contributed by atoms with E-state index in [1.165, 1.54) is 6.42 Å². The highest BCUT2D eigenvalue weighted by molar-refractivity contribution is 5.51. The van der Waals surface area contributed by atoms with E-state index in [1.54, 1.807) is 6.20 Å². The van der Waals surface area contributed by atoms with Crippen molar-refractivity contribution in [3.63, 3.8) is 0 Å². The fourth-order valence-electron chi connectivity index (χ4n) is 2.17. The number of anilines is 1. The summed E-state index contributed by atoms with van der Waals surface area (Å²) in [4.78, 5) is 0. The van der Waals surface area contributed by atoms with Gasteiger partial charge in [-0.05, 0) is 37.2 Å². The molecular weight excluding hydrogens is 212 g/mol. The number of nitrogens with zero attached hydrogens (tertiary/aromatic N) is 2. The molecule has 0 amide bonds. The number of nitrogens with one attached hydrogen (secondary N) is 2. The van der Waals surface area contributed by atoms with Crippen LogP contribution in [0.3, 0.4) is 0 Å². The van der Waals surface area contributed by atoms with Gasteiger partial charge in [0.2, 0.25) is 0 Å². The van der Waals surface area contributed by atoms with Gasteiger partial charge < -0.3 is 10.6 Å². The van der Waals surface area contributed by atoms with E-state index >= 15 is 0 Å². The first kappa shape index (κ1) is 10.4. The molecule has 4 nitrogen and oxygen atoms in total. The first-order valence-corrected chi connectivity index (χ1v) is 5.99. The second kappa shape index (κ2) is 4.59. The Morgan fingerprint density at radius 1 is 1.35 bits per heavy atom. The maximum atomic E-state index is 4.24. The van der Waals surface area contributed by atoms with Crippen molar-refractivity contribution in [3.8, 4) is 5.69 Å². The van der Waals surface area contributed by atoms with Crippen molar-refractivity contribution in [2.45, 2.75) is 12.5 Å². The van der Waals surface area contributed by atoms with Crippen molar-refractivity contribution in [1.29, 1.82) is 0 Å². The summed E-state index contributed by atoms with van der Waals surface area (Å²) in [5, 5.41) is 11.1. The van der Waals surface area contributed by atoms with E-state index in [1.807, 2.05) is 16.9 Å². The zero-order valence-corrected chi connectivity index (χ0v) is 9.63.